The summed E-state index contributed by atoms with van der Waals surface area (Å²) in [7, 11) is 0. The Labute approximate surface area is 231 Å². The Morgan fingerprint density at radius 1 is 0.923 bits per heavy atom. The van der Waals surface area contributed by atoms with Gasteiger partial charge in [0.25, 0.3) is 5.56 Å². The Hall–Kier alpha value is -4.34. The summed E-state index contributed by atoms with van der Waals surface area (Å²) in [6.07, 6.45) is 2.64. The van der Waals surface area contributed by atoms with Crippen LogP contribution in [0.5, 0.6) is 11.5 Å². The first-order valence-electron chi connectivity index (χ1n) is 12.8. The highest BCUT2D eigenvalue weighted by Crippen LogP contribution is 2.24. The largest absolute Gasteiger partial charge is 0.457 e. The predicted octanol–water partition coefficient (Wildman–Crippen LogP) is 5.18. The van der Waals surface area contributed by atoms with Crippen LogP contribution in [-0.4, -0.2) is 42.0 Å². The SMILES string of the molecule is O=C(Nc1ccc(Cn2ncc(N3CCCNCC3)c(Cl)c2=O)cc1)Nc1cccc(Oc2ccccc2)c1. The molecule has 5 rings (SSSR count). The van der Waals surface area contributed by atoms with Crippen LogP contribution >= 0.6 is 11.6 Å². The fraction of sp³-hybridized carbons (Fsp3) is 0.207. The van der Waals surface area contributed by atoms with Crippen LogP contribution in [-0.2, 0) is 6.54 Å². The third-order valence-corrected chi connectivity index (χ3v) is 6.62. The molecule has 1 aromatic heterocycles. The van der Waals surface area contributed by atoms with E-state index in [4.69, 9.17) is 16.3 Å². The fourth-order valence-corrected chi connectivity index (χ4v) is 4.56. The zero-order valence-electron chi connectivity index (χ0n) is 21.3. The average molecular weight is 545 g/mol. The van der Waals surface area contributed by atoms with Gasteiger partial charge in [-0.15, -0.1) is 0 Å². The summed E-state index contributed by atoms with van der Waals surface area (Å²) in [5.41, 5.74) is 2.40. The molecule has 2 amide bonds. The Bertz CT molecular complexity index is 1470. The number of nitrogens with zero attached hydrogens (tertiary/aromatic N) is 3. The summed E-state index contributed by atoms with van der Waals surface area (Å²) >= 11 is 6.45. The van der Waals surface area contributed by atoms with Crippen molar-refractivity contribution in [2.24, 2.45) is 0 Å². The van der Waals surface area contributed by atoms with Crippen LogP contribution in [0.25, 0.3) is 0 Å². The lowest BCUT2D eigenvalue weighted by Gasteiger charge is -2.23. The highest BCUT2D eigenvalue weighted by atomic mass is 35.5. The molecule has 3 aromatic carbocycles. The highest BCUT2D eigenvalue weighted by molar-refractivity contribution is 6.33. The smallest absolute Gasteiger partial charge is 0.323 e. The number of hydrogen-bond acceptors (Lipinski definition) is 6. The summed E-state index contributed by atoms with van der Waals surface area (Å²) in [5, 5.41) is 13.5. The van der Waals surface area contributed by atoms with Crippen LogP contribution in [0.15, 0.2) is 89.9 Å². The molecule has 3 N–H and O–H groups in total. The minimum atomic E-state index is -0.386. The van der Waals surface area contributed by atoms with Crippen LogP contribution in [0.4, 0.5) is 21.9 Å². The van der Waals surface area contributed by atoms with Crippen LogP contribution in [0.2, 0.25) is 5.02 Å². The number of aromatic nitrogens is 2. The number of carbonyl (C=O) groups is 1. The van der Waals surface area contributed by atoms with Crippen molar-refractivity contribution >= 4 is 34.7 Å². The van der Waals surface area contributed by atoms with E-state index in [2.05, 4.69) is 25.9 Å². The van der Waals surface area contributed by atoms with Gasteiger partial charge in [-0.25, -0.2) is 9.48 Å². The third-order valence-electron chi connectivity index (χ3n) is 6.26. The zero-order valence-corrected chi connectivity index (χ0v) is 22.0. The van der Waals surface area contributed by atoms with Crippen molar-refractivity contribution in [1.29, 1.82) is 0 Å². The van der Waals surface area contributed by atoms with Gasteiger partial charge >= 0.3 is 6.03 Å². The lowest BCUT2D eigenvalue weighted by molar-refractivity contribution is 0.262. The second kappa shape index (κ2) is 12.5. The van der Waals surface area contributed by atoms with Crippen molar-refractivity contribution in [1.82, 2.24) is 15.1 Å². The Morgan fingerprint density at radius 2 is 1.69 bits per heavy atom. The molecule has 0 atom stereocenters. The number of anilines is 3. The predicted molar refractivity (Wildman–Crippen MR) is 154 cm³/mol. The maximum atomic E-state index is 12.9. The molecule has 1 aliphatic rings. The topological polar surface area (TPSA) is 101 Å². The van der Waals surface area contributed by atoms with E-state index in [0.29, 0.717) is 28.6 Å². The van der Waals surface area contributed by atoms with Gasteiger partial charge in [0.15, 0.2) is 0 Å². The monoisotopic (exact) mass is 544 g/mol. The molecule has 4 aromatic rings. The standard InChI is InChI=1S/C29H29ClN6O3/c30-27-26(35-16-5-14-31-15-17-35)19-32-36(28(27)37)20-21-10-12-22(13-11-21)33-29(38)34-23-6-4-9-25(18-23)39-24-7-2-1-3-8-24/h1-4,6-13,18-19,31H,5,14-17,20H2,(H2,33,34,38). The van der Waals surface area contributed by atoms with Crippen LogP contribution in [0.1, 0.15) is 12.0 Å². The van der Waals surface area contributed by atoms with Crippen molar-refractivity contribution in [3.8, 4) is 11.5 Å². The summed E-state index contributed by atoms with van der Waals surface area (Å²) in [6.45, 7) is 3.66. The second-order valence-electron chi connectivity index (χ2n) is 9.12. The van der Waals surface area contributed by atoms with E-state index in [1.54, 1.807) is 30.5 Å². The van der Waals surface area contributed by atoms with Gasteiger partial charge in [0.1, 0.15) is 16.5 Å². The minimum Gasteiger partial charge on any atom is -0.457 e. The van der Waals surface area contributed by atoms with Gasteiger partial charge in [0.05, 0.1) is 18.4 Å². The minimum absolute atomic E-state index is 0.181. The Balaban J connectivity index is 1.18. The normalized spacial score (nSPS) is 13.4. The molecule has 0 bridgehead atoms. The number of carbonyl (C=O) groups excluding carboxylic acids is 1. The van der Waals surface area contributed by atoms with Gasteiger partial charge in [-0.3, -0.25) is 4.79 Å². The number of rotatable bonds is 7. The van der Waals surface area contributed by atoms with Crippen LogP contribution in [0, 0.1) is 0 Å². The van der Waals surface area contributed by atoms with Gasteiger partial charge in [0, 0.05) is 37.1 Å². The van der Waals surface area contributed by atoms with E-state index in [1.165, 1.54) is 4.68 Å². The number of hydrogen-bond donors (Lipinski definition) is 3. The van der Waals surface area contributed by atoms with Gasteiger partial charge in [0.2, 0.25) is 0 Å². The summed E-state index contributed by atoms with van der Waals surface area (Å²) < 4.78 is 7.17. The Morgan fingerprint density at radius 3 is 2.51 bits per heavy atom. The number of benzene rings is 3. The molecule has 0 spiro atoms. The summed E-state index contributed by atoms with van der Waals surface area (Å²) in [6, 6.07) is 23.4. The lowest BCUT2D eigenvalue weighted by atomic mass is 10.2. The van der Waals surface area contributed by atoms with Gasteiger partial charge in [-0.2, -0.15) is 5.10 Å². The summed E-state index contributed by atoms with van der Waals surface area (Å²) in [4.78, 5) is 27.5. The average Bonchev–Trinajstić information content (AvgIpc) is 3.23. The van der Waals surface area contributed by atoms with E-state index in [0.717, 1.165) is 38.2 Å². The molecule has 9 nitrogen and oxygen atoms in total. The molecule has 0 aliphatic carbocycles. The first kappa shape index (κ1) is 26.3. The van der Waals surface area contributed by atoms with Crippen molar-refractivity contribution in [3.63, 3.8) is 0 Å². The van der Waals surface area contributed by atoms with Gasteiger partial charge < -0.3 is 25.6 Å². The number of amides is 2. The molecule has 1 aliphatic heterocycles. The molecule has 200 valence electrons. The quantitative estimate of drug-likeness (QED) is 0.296. The Kier molecular flexibility index (Phi) is 8.40. The van der Waals surface area contributed by atoms with E-state index in [9.17, 15) is 9.59 Å². The molecule has 2 heterocycles. The summed E-state index contributed by atoms with van der Waals surface area (Å²) in [5.74, 6) is 1.33. The van der Waals surface area contributed by atoms with Crippen molar-refractivity contribution in [2.75, 3.05) is 41.7 Å². The van der Waals surface area contributed by atoms with E-state index >= 15 is 0 Å². The van der Waals surface area contributed by atoms with Gasteiger partial charge in [-0.05, 0) is 54.9 Å². The first-order valence-corrected chi connectivity index (χ1v) is 13.1. The molecule has 1 saturated heterocycles. The molecule has 1 fully saturated rings. The molecular formula is C29H29ClN6O3. The maximum Gasteiger partial charge on any atom is 0.323 e. The highest BCUT2D eigenvalue weighted by Gasteiger charge is 2.17. The lowest BCUT2D eigenvalue weighted by Crippen LogP contribution is -2.32. The fourth-order valence-electron chi connectivity index (χ4n) is 4.30. The maximum absolute atomic E-state index is 12.9. The van der Waals surface area contributed by atoms with Crippen LogP contribution < -0.4 is 31.1 Å². The third kappa shape index (κ3) is 6.95. The number of para-hydroxylation sites is 1. The van der Waals surface area contributed by atoms with Crippen molar-refractivity contribution < 1.29 is 9.53 Å². The number of ether oxygens (including phenoxy) is 1. The molecule has 39 heavy (non-hydrogen) atoms. The number of urea groups is 1. The van der Waals surface area contributed by atoms with E-state index in [1.807, 2.05) is 54.6 Å². The second-order valence-corrected chi connectivity index (χ2v) is 9.49. The van der Waals surface area contributed by atoms with Gasteiger partial charge in [-0.1, -0.05) is 48.0 Å². The number of halogens is 1. The molecular weight excluding hydrogens is 516 g/mol. The van der Waals surface area contributed by atoms with Crippen molar-refractivity contribution in [3.05, 3.63) is 106 Å². The van der Waals surface area contributed by atoms with E-state index in [-0.39, 0.29) is 23.2 Å². The first-order chi connectivity index (χ1) is 19.0. The molecule has 10 heteroatoms. The van der Waals surface area contributed by atoms with Crippen molar-refractivity contribution in [2.45, 2.75) is 13.0 Å². The molecule has 0 radical (unpaired) electrons. The van der Waals surface area contributed by atoms with Crippen LogP contribution in [0.3, 0.4) is 0 Å². The van der Waals surface area contributed by atoms with E-state index < -0.39 is 0 Å². The zero-order chi connectivity index (χ0) is 27.0. The molecule has 0 saturated carbocycles. The number of nitrogens with one attached hydrogen (secondary N) is 3. The molecule has 0 unspecified atom stereocenters.